The number of ketones is 1. The van der Waals surface area contributed by atoms with E-state index in [9.17, 15) is 9.59 Å². The zero-order chi connectivity index (χ0) is 8.15. The van der Waals surface area contributed by atoms with Gasteiger partial charge in [-0.1, -0.05) is 0 Å². The molecule has 0 saturated heterocycles. The molecule has 3 N–H and O–H groups in total. The molecule has 0 saturated carbocycles. The smallest absolute Gasteiger partial charge is 0.189 e. The van der Waals surface area contributed by atoms with E-state index in [4.69, 9.17) is 15.3 Å². The highest BCUT2D eigenvalue weighted by molar-refractivity contribution is 5.87. The summed E-state index contributed by atoms with van der Waals surface area (Å²) in [7, 11) is 0. The van der Waals surface area contributed by atoms with E-state index in [0.717, 1.165) is 0 Å². The van der Waals surface area contributed by atoms with E-state index in [1.807, 2.05) is 0 Å². The molecule has 0 bridgehead atoms. The first kappa shape index (κ1) is 9.22. The van der Waals surface area contributed by atoms with Crippen molar-refractivity contribution in [3.8, 4) is 0 Å². The van der Waals surface area contributed by atoms with Crippen LogP contribution in [0.3, 0.4) is 0 Å². The molecule has 0 aromatic rings. The van der Waals surface area contributed by atoms with Gasteiger partial charge in [-0.2, -0.15) is 0 Å². The topological polar surface area (TPSA) is 94.8 Å². The van der Waals surface area contributed by atoms with Crippen LogP contribution in [0.1, 0.15) is 0 Å². The summed E-state index contributed by atoms with van der Waals surface area (Å²) >= 11 is 0. The van der Waals surface area contributed by atoms with Crippen LogP contribution in [0.5, 0.6) is 0 Å². The largest absolute Gasteiger partial charge is 0.388 e. The fourth-order valence-electron chi connectivity index (χ4n) is 0.358. The summed E-state index contributed by atoms with van der Waals surface area (Å²) in [4.78, 5) is 20.0. The number of carbonyl (C=O) groups excluding carboxylic acids is 2. The zero-order valence-corrected chi connectivity index (χ0v) is 5.10. The number of hydrogen-bond acceptors (Lipinski definition) is 5. The lowest BCUT2D eigenvalue weighted by atomic mass is 10.1. The molecule has 0 rings (SSSR count). The Morgan fingerprint density at radius 1 is 1.50 bits per heavy atom. The minimum absolute atomic E-state index is 0.0260. The van der Waals surface area contributed by atoms with Crippen molar-refractivity contribution in [3.05, 3.63) is 0 Å². The Morgan fingerprint density at radius 3 is 2.30 bits per heavy atom. The van der Waals surface area contributed by atoms with Crippen molar-refractivity contribution in [2.45, 2.75) is 12.2 Å². The molecule has 10 heavy (non-hydrogen) atoms. The minimum atomic E-state index is -1.80. The quantitative estimate of drug-likeness (QED) is 0.382. The van der Waals surface area contributed by atoms with Gasteiger partial charge in [0.1, 0.15) is 18.8 Å². The molecule has 2 atom stereocenters. The molecule has 5 nitrogen and oxygen atoms in total. The van der Waals surface area contributed by atoms with Crippen molar-refractivity contribution in [2.24, 2.45) is 0 Å². The number of rotatable bonds is 4. The summed E-state index contributed by atoms with van der Waals surface area (Å²) in [5.74, 6) is -0.973. The standard InChI is InChI=1S/C5H8O5/c6-1-3(8)5(10)4(9)2-7/h1,3,5,7-8,10H,2H2/t3-,5+/m1/s1. The van der Waals surface area contributed by atoms with Crippen molar-refractivity contribution in [1.82, 2.24) is 0 Å². The SMILES string of the molecule is O=C[C@@H](O)[C@H](O)C(=O)CO. The van der Waals surface area contributed by atoms with E-state index in [-0.39, 0.29) is 6.29 Å². The third kappa shape index (κ3) is 2.22. The molecule has 5 heteroatoms. The van der Waals surface area contributed by atoms with Crippen LogP contribution < -0.4 is 0 Å². The van der Waals surface area contributed by atoms with E-state index in [0.29, 0.717) is 0 Å². The molecule has 0 aliphatic rings. The van der Waals surface area contributed by atoms with Gasteiger partial charge in [-0.15, -0.1) is 0 Å². The molecule has 0 aromatic carbocycles. The van der Waals surface area contributed by atoms with Crippen LogP contribution in [-0.2, 0) is 9.59 Å². The summed E-state index contributed by atoms with van der Waals surface area (Å²) in [6, 6.07) is 0. The van der Waals surface area contributed by atoms with Gasteiger partial charge in [-0.3, -0.25) is 4.79 Å². The zero-order valence-electron chi connectivity index (χ0n) is 5.10. The number of Topliss-reactive ketones (excluding diaryl/α,β-unsaturated/α-hetero) is 1. The number of aliphatic hydroxyl groups excluding tert-OH is 3. The fourth-order valence-corrected chi connectivity index (χ4v) is 0.358. The van der Waals surface area contributed by atoms with Gasteiger partial charge in [0.25, 0.3) is 0 Å². The van der Waals surface area contributed by atoms with E-state index in [1.54, 1.807) is 0 Å². The maximum atomic E-state index is 10.3. The van der Waals surface area contributed by atoms with Gasteiger partial charge in [0.05, 0.1) is 0 Å². The van der Waals surface area contributed by atoms with Gasteiger partial charge in [0.2, 0.25) is 0 Å². The van der Waals surface area contributed by atoms with Crippen LogP contribution in [0, 0.1) is 0 Å². The number of hydrogen-bond donors (Lipinski definition) is 3. The molecule has 0 amide bonds. The lowest BCUT2D eigenvalue weighted by molar-refractivity contribution is -0.139. The van der Waals surface area contributed by atoms with Crippen LogP contribution in [-0.4, -0.2) is 46.2 Å². The lowest BCUT2D eigenvalue weighted by Crippen LogP contribution is -2.36. The van der Waals surface area contributed by atoms with E-state index < -0.39 is 24.6 Å². The Bertz CT molecular complexity index is 132. The maximum absolute atomic E-state index is 10.3. The number of carbonyl (C=O) groups is 2. The predicted molar refractivity (Wildman–Crippen MR) is 30.2 cm³/mol. The van der Waals surface area contributed by atoms with Gasteiger partial charge in [0.15, 0.2) is 12.1 Å². The van der Waals surface area contributed by atoms with E-state index >= 15 is 0 Å². The van der Waals surface area contributed by atoms with Gasteiger partial charge in [0, 0.05) is 0 Å². The van der Waals surface area contributed by atoms with Crippen LogP contribution in [0.25, 0.3) is 0 Å². The van der Waals surface area contributed by atoms with Crippen LogP contribution in [0.4, 0.5) is 0 Å². The predicted octanol–water partition coefficient (Wildman–Crippen LogP) is -2.53. The van der Waals surface area contributed by atoms with Gasteiger partial charge >= 0.3 is 0 Å². The summed E-state index contributed by atoms with van der Waals surface area (Å²) < 4.78 is 0. The Hall–Kier alpha value is -0.780. The number of aldehydes is 1. The molecule has 0 fully saturated rings. The van der Waals surface area contributed by atoms with Crippen LogP contribution >= 0.6 is 0 Å². The average Bonchev–Trinajstić information content (AvgIpc) is 2.00. The summed E-state index contributed by atoms with van der Waals surface area (Å²) in [5, 5.41) is 25.2. The Kier molecular flexibility index (Phi) is 3.78. The second-order valence-electron chi connectivity index (χ2n) is 1.70. The first-order valence-corrected chi connectivity index (χ1v) is 2.58. The highest BCUT2D eigenvalue weighted by Crippen LogP contribution is 1.90. The van der Waals surface area contributed by atoms with Crippen molar-refractivity contribution < 1.29 is 24.9 Å². The summed E-state index contributed by atoms with van der Waals surface area (Å²) in [6.45, 7) is -0.883. The molecular weight excluding hydrogens is 140 g/mol. The Balaban J connectivity index is 3.93. The van der Waals surface area contributed by atoms with Crippen molar-refractivity contribution in [3.63, 3.8) is 0 Å². The van der Waals surface area contributed by atoms with Crippen LogP contribution in [0.2, 0.25) is 0 Å². The second-order valence-corrected chi connectivity index (χ2v) is 1.70. The van der Waals surface area contributed by atoms with Gasteiger partial charge in [-0.25, -0.2) is 0 Å². The highest BCUT2D eigenvalue weighted by atomic mass is 16.3. The summed E-state index contributed by atoms with van der Waals surface area (Å²) in [6.07, 6.45) is -3.51. The lowest BCUT2D eigenvalue weighted by Gasteiger charge is -2.08. The molecule has 0 aliphatic carbocycles. The highest BCUT2D eigenvalue weighted by Gasteiger charge is 2.22. The monoisotopic (exact) mass is 148 g/mol. The fraction of sp³-hybridized carbons (Fsp3) is 0.600. The molecule has 0 radical (unpaired) electrons. The molecule has 0 spiro atoms. The van der Waals surface area contributed by atoms with Crippen molar-refractivity contribution in [2.75, 3.05) is 6.61 Å². The Labute approximate surface area is 56.9 Å². The summed E-state index contributed by atoms with van der Waals surface area (Å²) in [5.41, 5.74) is 0. The van der Waals surface area contributed by atoms with Gasteiger partial charge in [-0.05, 0) is 0 Å². The normalized spacial score (nSPS) is 15.9. The van der Waals surface area contributed by atoms with Gasteiger partial charge < -0.3 is 20.1 Å². The molecule has 0 heterocycles. The third-order valence-corrected chi connectivity index (χ3v) is 0.949. The minimum Gasteiger partial charge on any atom is -0.388 e. The van der Waals surface area contributed by atoms with Crippen LogP contribution in [0.15, 0.2) is 0 Å². The first-order valence-electron chi connectivity index (χ1n) is 2.58. The molecule has 0 unspecified atom stereocenters. The van der Waals surface area contributed by atoms with E-state index in [2.05, 4.69) is 0 Å². The molecule has 0 aliphatic heterocycles. The maximum Gasteiger partial charge on any atom is 0.189 e. The molecule has 58 valence electrons. The molecular formula is C5H8O5. The Morgan fingerprint density at radius 2 is 2.00 bits per heavy atom. The average molecular weight is 148 g/mol. The second kappa shape index (κ2) is 4.10. The first-order chi connectivity index (χ1) is 4.63. The van der Waals surface area contributed by atoms with Crippen molar-refractivity contribution in [1.29, 1.82) is 0 Å². The molecule has 0 aromatic heterocycles. The third-order valence-electron chi connectivity index (χ3n) is 0.949. The van der Waals surface area contributed by atoms with E-state index in [1.165, 1.54) is 0 Å². The number of aliphatic hydroxyl groups is 3. The van der Waals surface area contributed by atoms with Crippen molar-refractivity contribution >= 4 is 12.1 Å².